The molecular formula is C18H25ClN2O4S2. The Labute approximate surface area is 167 Å². The second kappa shape index (κ2) is 10.2. The van der Waals surface area contributed by atoms with Gasteiger partial charge in [0.15, 0.2) is 9.84 Å². The lowest BCUT2D eigenvalue weighted by atomic mass is 10.1. The topological polar surface area (TPSA) is 97.5 Å². The van der Waals surface area contributed by atoms with Crippen molar-refractivity contribution < 1.29 is 16.8 Å². The molecule has 0 unspecified atom stereocenters. The molecule has 0 aliphatic carbocycles. The molecule has 0 aromatic heterocycles. The molecule has 2 aromatic carbocycles. The summed E-state index contributed by atoms with van der Waals surface area (Å²) in [5, 5.41) is 0. The first-order chi connectivity index (χ1) is 12.3. The van der Waals surface area contributed by atoms with Crippen LogP contribution in [0, 0.1) is 0 Å². The highest BCUT2D eigenvalue weighted by Crippen LogP contribution is 2.20. The summed E-state index contributed by atoms with van der Waals surface area (Å²) in [4.78, 5) is -0.0228. The number of nitrogens with two attached hydrogens (primary N) is 1. The van der Waals surface area contributed by atoms with Gasteiger partial charge in [0.2, 0.25) is 10.0 Å². The summed E-state index contributed by atoms with van der Waals surface area (Å²) >= 11 is 0. The maximum Gasteiger partial charge on any atom is 0.243 e. The van der Waals surface area contributed by atoms with E-state index in [9.17, 15) is 16.8 Å². The monoisotopic (exact) mass is 432 g/mol. The fraction of sp³-hybridized carbons (Fsp3) is 0.333. The van der Waals surface area contributed by atoms with Gasteiger partial charge in [0.25, 0.3) is 0 Å². The van der Waals surface area contributed by atoms with Gasteiger partial charge in [-0.05, 0) is 30.2 Å². The number of sulfone groups is 1. The lowest BCUT2D eigenvalue weighted by molar-refractivity contribution is 0.421. The first kappa shape index (κ1) is 23.6. The van der Waals surface area contributed by atoms with E-state index in [1.165, 1.54) is 35.5 Å². The summed E-state index contributed by atoms with van der Waals surface area (Å²) in [5.41, 5.74) is 6.61. The van der Waals surface area contributed by atoms with E-state index < -0.39 is 19.9 Å². The number of rotatable bonds is 9. The Kier molecular flexibility index (Phi) is 8.90. The van der Waals surface area contributed by atoms with Crippen molar-refractivity contribution >= 4 is 32.3 Å². The van der Waals surface area contributed by atoms with Crippen LogP contribution in [0.2, 0.25) is 0 Å². The number of sulfonamides is 1. The highest BCUT2D eigenvalue weighted by molar-refractivity contribution is 7.91. The minimum absolute atomic E-state index is 0. The minimum atomic E-state index is -3.84. The molecule has 9 heteroatoms. The molecule has 27 heavy (non-hydrogen) atoms. The molecule has 0 saturated heterocycles. The van der Waals surface area contributed by atoms with E-state index in [0.29, 0.717) is 6.42 Å². The van der Waals surface area contributed by atoms with E-state index in [0.717, 1.165) is 5.56 Å². The second-order valence-electron chi connectivity index (χ2n) is 5.81. The summed E-state index contributed by atoms with van der Waals surface area (Å²) in [6.07, 6.45) is 0.549. The smallest absolute Gasteiger partial charge is 0.243 e. The van der Waals surface area contributed by atoms with Crippen LogP contribution in [-0.2, 0) is 26.3 Å². The van der Waals surface area contributed by atoms with Crippen molar-refractivity contribution in [2.75, 3.05) is 25.4 Å². The first-order valence-electron chi connectivity index (χ1n) is 8.38. The SMILES string of the molecule is CCS(=O)(=O)c1cccc(S(=O)(=O)N(CCN)CCc2ccccc2)c1.Cl. The van der Waals surface area contributed by atoms with E-state index in [-0.39, 0.29) is 47.6 Å². The van der Waals surface area contributed by atoms with Gasteiger partial charge in [-0.15, -0.1) is 12.4 Å². The highest BCUT2D eigenvalue weighted by atomic mass is 35.5. The third kappa shape index (κ3) is 6.02. The molecule has 0 saturated carbocycles. The number of nitrogens with zero attached hydrogens (tertiary/aromatic N) is 1. The zero-order chi connectivity index (χ0) is 19.2. The molecule has 0 amide bonds. The zero-order valence-corrected chi connectivity index (χ0v) is 17.6. The van der Waals surface area contributed by atoms with Gasteiger partial charge in [0.1, 0.15) is 0 Å². The molecule has 6 nitrogen and oxygen atoms in total. The number of halogens is 1. The number of benzene rings is 2. The van der Waals surface area contributed by atoms with E-state index in [1.54, 1.807) is 0 Å². The quantitative estimate of drug-likeness (QED) is 0.654. The number of hydrogen-bond donors (Lipinski definition) is 1. The van der Waals surface area contributed by atoms with Gasteiger partial charge in [-0.3, -0.25) is 0 Å². The van der Waals surface area contributed by atoms with Crippen LogP contribution in [0.3, 0.4) is 0 Å². The summed E-state index contributed by atoms with van der Waals surface area (Å²) in [6, 6.07) is 15.1. The van der Waals surface area contributed by atoms with Crippen LogP contribution in [0.25, 0.3) is 0 Å². The molecule has 2 N–H and O–H groups in total. The lowest BCUT2D eigenvalue weighted by Crippen LogP contribution is -2.37. The Bertz CT molecular complexity index is 933. The van der Waals surface area contributed by atoms with Gasteiger partial charge < -0.3 is 5.73 Å². The lowest BCUT2D eigenvalue weighted by Gasteiger charge is -2.22. The Hall–Kier alpha value is -1.45. The van der Waals surface area contributed by atoms with Gasteiger partial charge in [0, 0.05) is 19.6 Å². The average molecular weight is 433 g/mol. The summed E-state index contributed by atoms with van der Waals surface area (Å²) in [5.74, 6) is -0.0863. The minimum Gasteiger partial charge on any atom is -0.329 e. The van der Waals surface area contributed by atoms with Crippen molar-refractivity contribution in [3.8, 4) is 0 Å². The fourth-order valence-electron chi connectivity index (χ4n) is 2.54. The predicted molar refractivity (Wildman–Crippen MR) is 109 cm³/mol. The third-order valence-corrected chi connectivity index (χ3v) is 7.68. The Balaban J connectivity index is 0.00000364. The van der Waals surface area contributed by atoms with Crippen molar-refractivity contribution in [1.82, 2.24) is 4.31 Å². The van der Waals surface area contributed by atoms with Crippen LogP contribution in [0.4, 0.5) is 0 Å². The third-order valence-electron chi connectivity index (χ3n) is 4.05. The molecule has 0 spiro atoms. The Morgan fingerprint density at radius 3 is 2.11 bits per heavy atom. The molecule has 0 heterocycles. The average Bonchev–Trinajstić information content (AvgIpc) is 2.66. The first-order valence-corrected chi connectivity index (χ1v) is 11.5. The molecule has 0 aliphatic rings. The van der Waals surface area contributed by atoms with E-state index in [4.69, 9.17) is 5.73 Å². The molecule has 2 rings (SSSR count). The second-order valence-corrected chi connectivity index (χ2v) is 10.0. The summed E-state index contributed by atoms with van der Waals surface area (Å²) in [7, 11) is -7.32. The van der Waals surface area contributed by atoms with E-state index >= 15 is 0 Å². The number of hydrogen-bond acceptors (Lipinski definition) is 5. The van der Waals surface area contributed by atoms with Crippen molar-refractivity contribution in [2.45, 2.75) is 23.1 Å². The predicted octanol–water partition coefficient (Wildman–Crippen LogP) is 2.09. The molecule has 0 atom stereocenters. The van der Waals surface area contributed by atoms with Gasteiger partial charge >= 0.3 is 0 Å². The van der Waals surface area contributed by atoms with Crippen LogP contribution >= 0.6 is 12.4 Å². The van der Waals surface area contributed by atoms with Crippen molar-refractivity contribution in [2.24, 2.45) is 5.73 Å². The van der Waals surface area contributed by atoms with Crippen LogP contribution < -0.4 is 5.73 Å². The van der Waals surface area contributed by atoms with Gasteiger partial charge in [0.05, 0.1) is 15.5 Å². The van der Waals surface area contributed by atoms with Gasteiger partial charge in [-0.1, -0.05) is 43.3 Å². The van der Waals surface area contributed by atoms with Crippen LogP contribution in [0.1, 0.15) is 12.5 Å². The van der Waals surface area contributed by atoms with Crippen molar-refractivity contribution in [3.05, 3.63) is 60.2 Å². The molecule has 0 fully saturated rings. The molecule has 0 radical (unpaired) electrons. The van der Waals surface area contributed by atoms with Crippen molar-refractivity contribution in [1.29, 1.82) is 0 Å². The van der Waals surface area contributed by atoms with E-state index in [1.807, 2.05) is 30.3 Å². The standard InChI is InChI=1S/C18H24N2O4S2.ClH/c1-2-25(21,22)17-9-6-10-18(15-17)26(23,24)20(14-12-19)13-11-16-7-4-3-5-8-16;/h3-10,15H,2,11-14,19H2,1H3;1H. The van der Waals surface area contributed by atoms with Crippen molar-refractivity contribution in [3.63, 3.8) is 0 Å². The largest absolute Gasteiger partial charge is 0.329 e. The molecule has 0 aliphatic heterocycles. The van der Waals surface area contributed by atoms with Crippen LogP contribution in [0.5, 0.6) is 0 Å². The molecule has 0 bridgehead atoms. The summed E-state index contributed by atoms with van der Waals surface area (Å²) in [6.45, 7) is 2.15. The van der Waals surface area contributed by atoms with Gasteiger partial charge in [-0.25, -0.2) is 16.8 Å². The highest BCUT2D eigenvalue weighted by Gasteiger charge is 2.25. The normalized spacial score (nSPS) is 12.0. The van der Waals surface area contributed by atoms with Crippen LogP contribution in [0.15, 0.2) is 64.4 Å². The maximum absolute atomic E-state index is 13.0. The summed E-state index contributed by atoms with van der Waals surface area (Å²) < 4.78 is 51.4. The fourth-order valence-corrected chi connectivity index (χ4v) is 5.04. The van der Waals surface area contributed by atoms with Crippen LogP contribution in [-0.4, -0.2) is 46.5 Å². The maximum atomic E-state index is 13.0. The molecular weight excluding hydrogens is 408 g/mol. The Morgan fingerprint density at radius 2 is 1.52 bits per heavy atom. The molecule has 150 valence electrons. The van der Waals surface area contributed by atoms with E-state index in [2.05, 4.69) is 0 Å². The zero-order valence-electron chi connectivity index (χ0n) is 15.1. The Morgan fingerprint density at radius 1 is 0.889 bits per heavy atom. The molecule has 2 aromatic rings. The van der Waals surface area contributed by atoms with Gasteiger partial charge in [-0.2, -0.15) is 4.31 Å².